The summed E-state index contributed by atoms with van der Waals surface area (Å²) in [7, 11) is 0. The van der Waals surface area contributed by atoms with E-state index in [-0.39, 0.29) is 0 Å². The highest BCUT2D eigenvalue weighted by molar-refractivity contribution is 5.46. The van der Waals surface area contributed by atoms with E-state index in [0.717, 1.165) is 35.7 Å². The van der Waals surface area contributed by atoms with Crippen molar-refractivity contribution in [1.29, 1.82) is 0 Å². The first kappa shape index (κ1) is 12.1. The molecule has 2 aromatic heterocycles. The second-order valence-electron chi connectivity index (χ2n) is 6.25. The van der Waals surface area contributed by atoms with E-state index in [4.69, 9.17) is 5.10 Å². The topological polar surface area (TPSA) is 46.3 Å². The smallest absolute Gasteiger partial charge is 0.178 e. The van der Waals surface area contributed by atoms with Crippen molar-refractivity contribution in [1.82, 2.24) is 19.8 Å². The zero-order valence-corrected chi connectivity index (χ0v) is 12.0. The van der Waals surface area contributed by atoms with E-state index in [1.165, 1.54) is 38.6 Å². The molecule has 5 nitrogen and oxygen atoms in total. The molecule has 2 aromatic rings. The first-order valence-corrected chi connectivity index (χ1v) is 7.75. The fraction of sp³-hybridized carbons (Fsp3) is 0.667. The summed E-state index contributed by atoms with van der Waals surface area (Å²) >= 11 is 0. The minimum Gasteiger partial charge on any atom is -0.355 e. The molecule has 0 bridgehead atoms. The van der Waals surface area contributed by atoms with Gasteiger partial charge in [-0.3, -0.25) is 0 Å². The predicted molar refractivity (Wildman–Crippen MR) is 77.8 cm³/mol. The molecule has 0 aromatic carbocycles. The van der Waals surface area contributed by atoms with E-state index in [1.54, 1.807) is 0 Å². The minimum atomic E-state index is 0.832. The van der Waals surface area contributed by atoms with E-state index in [2.05, 4.69) is 21.2 Å². The van der Waals surface area contributed by atoms with Crippen molar-refractivity contribution in [3.8, 4) is 0 Å². The summed E-state index contributed by atoms with van der Waals surface area (Å²) in [4.78, 5) is 2.45. The normalized spacial score (nSPS) is 26.8. The van der Waals surface area contributed by atoms with Crippen LogP contribution in [0.2, 0.25) is 0 Å². The molecule has 1 saturated heterocycles. The monoisotopic (exact) mass is 271 g/mol. The quantitative estimate of drug-likeness (QED) is 0.799. The third-order valence-electron chi connectivity index (χ3n) is 5.02. The molecule has 1 saturated carbocycles. The summed E-state index contributed by atoms with van der Waals surface area (Å²) in [5.41, 5.74) is 0.832. The van der Waals surface area contributed by atoms with Crippen LogP contribution in [0.25, 0.3) is 5.65 Å². The molecule has 106 valence electrons. The lowest BCUT2D eigenvalue weighted by Crippen LogP contribution is -2.42. The Morgan fingerprint density at radius 3 is 2.80 bits per heavy atom. The summed E-state index contributed by atoms with van der Waals surface area (Å²) in [6, 6.07) is 4.11. The Morgan fingerprint density at radius 2 is 1.90 bits per heavy atom. The molecule has 2 aliphatic rings. The SMILES string of the molecule is Cc1nnc2ccc(N3CCC4CCCCC4C3)nn12. The van der Waals surface area contributed by atoms with Crippen molar-refractivity contribution in [2.24, 2.45) is 11.8 Å². The maximum Gasteiger partial charge on any atom is 0.178 e. The van der Waals surface area contributed by atoms with Gasteiger partial charge in [0.2, 0.25) is 0 Å². The summed E-state index contributed by atoms with van der Waals surface area (Å²) in [5, 5.41) is 12.9. The van der Waals surface area contributed by atoms with Crippen LogP contribution in [0.4, 0.5) is 5.82 Å². The highest BCUT2D eigenvalue weighted by Crippen LogP contribution is 2.37. The lowest BCUT2D eigenvalue weighted by Gasteiger charge is -2.41. The van der Waals surface area contributed by atoms with Gasteiger partial charge in [0.05, 0.1) is 0 Å². The lowest BCUT2D eigenvalue weighted by molar-refractivity contribution is 0.202. The van der Waals surface area contributed by atoms with Gasteiger partial charge in [-0.2, -0.15) is 4.52 Å². The van der Waals surface area contributed by atoms with Gasteiger partial charge in [-0.05, 0) is 43.7 Å². The van der Waals surface area contributed by atoms with Crippen LogP contribution in [0, 0.1) is 18.8 Å². The van der Waals surface area contributed by atoms with Gasteiger partial charge in [0.1, 0.15) is 5.82 Å². The van der Waals surface area contributed by atoms with E-state index < -0.39 is 0 Å². The van der Waals surface area contributed by atoms with Crippen LogP contribution in [-0.4, -0.2) is 32.9 Å². The molecule has 2 atom stereocenters. The van der Waals surface area contributed by atoms with Crippen LogP contribution in [-0.2, 0) is 0 Å². The molecule has 0 spiro atoms. The third-order valence-corrected chi connectivity index (χ3v) is 5.02. The Bertz CT molecular complexity index is 620. The van der Waals surface area contributed by atoms with E-state index in [1.807, 2.05) is 17.5 Å². The number of aromatic nitrogens is 4. The Balaban J connectivity index is 1.60. The largest absolute Gasteiger partial charge is 0.355 e. The molecule has 20 heavy (non-hydrogen) atoms. The number of anilines is 1. The maximum absolute atomic E-state index is 4.71. The Morgan fingerprint density at radius 1 is 1.05 bits per heavy atom. The maximum atomic E-state index is 4.71. The van der Waals surface area contributed by atoms with Gasteiger partial charge in [0.15, 0.2) is 11.5 Å². The number of hydrogen-bond donors (Lipinski definition) is 0. The van der Waals surface area contributed by atoms with Crippen molar-refractivity contribution in [2.45, 2.75) is 39.0 Å². The van der Waals surface area contributed by atoms with Crippen molar-refractivity contribution in [3.63, 3.8) is 0 Å². The highest BCUT2D eigenvalue weighted by Gasteiger charge is 2.31. The molecule has 5 heteroatoms. The summed E-state index contributed by atoms with van der Waals surface area (Å²) < 4.78 is 1.85. The average Bonchev–Trinajstić information content (AvgIpc) is 2.88. The van der Waals surface area contributed by atoms with Crippen molar-refractivity contribution >= 4 is 11.5 Å². The molecule has 2 unspecified atom stereocenters. The molecule has 1 aliphatic carbocycles. The van der Waals surface area contributed by atoms with Crippen LogP contribution in [0.3, 0.4) is 0 Å². The molecule has 1 aliphatic heterocycles. The first-order valence-electron chi connectivity index (χ1n) is 7.75. The van der Waals surface area contributed by atoms with E-state index >= 15 is 0 Å². The van der Waals surface area contributed by atoms with Gasteiger partial charge >= 0.3 is 0 Å². The van der Waals surface area contributed by atoms with Crippen molar-refractivity contribution < 1.29 is 0 Å². The molecule has 2 fully saturated rings. The van der Waals surface area contributed by atoms with Crippen LogP contribution in [0.5, 0.6) is 0 Å². The van der Waals surface area contributed by atoms with Crippen LogP contribution >= 0.6 is 0 Å². The summed E-state index contributed by atoms with van der Waals surface area (Å²) in [6.07, 6.45) is 7.01. The van der Waals surface area contributed by atoms with Gasteiger partial charge in [0.25, 0.3) is 0 Å². The third kappa shape index (κ3) is 1.96. The van der Waals surface area contributed by atoms with Gasteiger partial charge < -0.3 is 4.90 Å². The number of rotatable bonds is 1. The predicted octanol–water partition coefficient (Wildman–Crippen LogP) is 2.45. The summed E-state index contributed by atoms with van der Waals surface area (Å²) in [6.45, 7) is 4.26. The minimum absolute atomic E-state index is 0.832. The zero-order valence-electron chi connectivity index (χ0n) is 12.0. The molecule has 0 N–H and O–H groups in total. The van der Waals surface area contributed by atoms with Crippen LogP contribution in [0.15, 0.2) is 12.1 Å². The molecule has 0 radical (unpaired) electrons. The fourth-order valence-corrected chi connectivity index (χ4v) is 3.86. The van der Waals surface area contributed by atoms with E-state index in [9.17, 15) is 0 Å². The highest BCUT2D eigenvalue weighted by atomic mass is 15.4. The summed E-state index contributed by atoms with van der Waals surface area (Å²) in [5.74, 6) is 3.76. The Kier molecular flexibility index (Phi) is 2.86. The molecular weight excluding hydrogens is 250 g/mol. The standard InChI is InChI=1S/C15H21N5/c1-11-16-17-14-6-7-15(18-20(11)14)19-9-8-12-4-2-3-5-13(12)10-19/h6-7,12-13H,2-5,8-10H2,1H3. The fourth-order valence-electron chi connectivity index (χ4n) is 3.86. The average molecular weight is 271 g/mol. The number of nitrogens with zero attached hydrogens (tertiary/aromatic N) is 5. The molecule has 4 rings (SSSR count). The Labute approximate surface area is 119 Å². The Hall–Kier alpha value is -1.65. The van der Waals surface area contributed by atoms with Crippen LogP contribution in [0.1, 0.15) is 37.9 Å². The second kappa shape index (κ2) is 4.72. The van der Waals surface area contributed by atoms with Crippen molar-refractivity contribution in [2.75, 3.05) is 18.0 Å². The molecule has 3 heterocycles. The van der Waals surface area contributed by atoms with Crippen LogP contribution < -0.4 is 4.90 Å². The number of hydrogen-bond acceptors (Lipinski definition) is 4. The number of fused-ring (bicyclic) bond motifs is 2. The first-order chi connectivity index (χ1) is 9.81. The number of piperidine rings is 1. The van der Waals surface area contributed by atoms with E-state index in [0.29, 0.717) is 0 Å². The molecule has 0 amide bonds. The second-order valence-corrected chi connectivity index (χ2v) is 6.25. The van der Waals surface area contributed by atoms with Gasteiger partial charge in [0, 0.05) is 13.1 Å². The number of aryl methyl sites for hydroxylation is 1. The lowest BCUT2D eigenvalue weighted by atomic mass is 9.75. The zero-order chi connectivity index (χ0) is 13.5. The van der Waals surface area contributed by atoms with Gasteiger partial charge in [-0.1, -0.05) is 19.3 Å². The van der Waals surface area contributed by atoms with Gasteiger partial charge in [-0.25, -0.2) is 0 Å². The van der Waals surface area contributed by atoms with Crippen molar-refractivity contribution in [3.05, 3.63) is 18.0 Å². The molecular formula is C15H21N5. The van der Waals surface area contributed by atoms with Gasteiger partial charge in [-0.15, -0.1) is 15.3 Å².